The number of benzene rings is 2. The lowest BCUT2D eigenvalue weighted by Crippen LogP contribution is -2.14. The lowest BCUT2D eigenvalue weighted by Gasteiger charge is -2.10. The summed E-state index contributed by atoms with van der Waals surface area (Å²) >= 11 is 0. The smallest absolute Gasteiger partial charge is 0.322 e. The van der Waals surface area contributed by atoms with Gasteiger partial charge in [-0.1, -0.05) is 24.0 Å². The molecule has 1 amide bonds. The molecule has 2 aromatic carbocycles. The molecule has 1 aliphatic carbocycles. The second kappa shape index (κ2) is 7.89. The number of amides is 1. The van der Waals surface area contributed by atoms with Crippen LogP contribution in [0.3, 0.4) is 0 Å². The van der Waals surface area contributed by atoms with Crippen LogP contribution in [-0.4, -0.2) is 23.1 Å². The molecule has 2 aliphatic rings. The first-order valence-electron chi connectivity index (χ1n) is 10.4. The fourth-order valence-electron chi connectivity index (χ4n) is 3.89. The Kier molecular flexibility index (Phi) is 5.01. The number of nitrogens with one attached hydrogen (secondary N) is 1. The number of rotatable bonds is 2. The zero-order chi connectivity index (χ0) is 23.2. The van der Waals surface area contributed by atoms with Crippen molar-refractivity contribution in [2.75, 3.05) is 5.32 Å². The van der Waals surface area contributed by atoms with Gasteiger partial charge in [-0.15, -0.1) is 0 Å². The summed E-state index contributed by atoms with van der Waals surface area (Å²) in [6.07, 6.45) is 2.00. The highest BCUT2D eigenvalue weighted by molar-refractivity contribution is 6.04. The maximum absolute atomic E-state index is 12.9. The van der Waals surface area contributed by atoms with E-state index in [2.05, 4.69) is 27.1 Å². The van der Waals surface area contributed by atoms with Crippen LogP contribution in [0.5, 0.6) is 0 Å². The van der Waals surface area contributed by atoms with Gasteiger partial charge in [-0.25, -0.2) is 0 Å². The average Bonchev–Trinajstić information content (AvgIpc) is 3.59. The summed E-state index contributed by atoms with van der Waals surface area (Å²) in [6.45, 7) is 1.90. The number of alkyl halides is 3. The van der Waals surface area contributed by atoms with Crippen molar-refractivity contribution >= 4 is 17.8 Å². The van der Waals surface area contributed by atoms with Gasteiger partial charge in [-0.2, -0.15) is 13.2 Å². The molecular weight excluding hydrogens is 427 g/mol. The van der Waals surface area contributed by atoms with Crippen molar-refractivity contribution in [1.29, 1.82) is 0 Å². The topological polar surface area (TPSA) is 54.4 Å². The van der Waals surface area contributed by atoms with E-state index < -0.39 is 17.6 Å². The van der Waals surface area contributed by atoms with Gasteiger partial charge in [0.15, 0.2) is 0 Å². The molecule has 1 saturated carbocycles. The van der Waals surface area contributed by atoms with Crippen LogP contribution in [0.25, 0.3) is 0 Å². The van der Waals surface area contributed by atoms with Crippen LogP contribution in [0.4, 0.5) is 18.9 Å². The molecule has 1 aliphatic heterocycles. The molecule has 7 heteroatoms. The van der Waals surface area contributed by atoms with Crippen LogP contribution in [0, 0.1) is 18.8 Å². The molecule has 2 heterocycles. The van der Waals surface area contributed by atoms with Crippen LogP contribution in [0.1, 0.15) is 56.1 Å². The Labute approximate surface area is 188 Å². The van der Waals surface area contributed by atoms with E-state index in [-0.39, 0.29) is 5.56 Å². The summed E-state index contributed by atoms with van der Waals surface area (Å²) in [4.78, 5) is 21.4. The van der Waals surface area contributed by atoms with Gasteiger partial charge in [0, 0.05) is 46.9 Å². The van der Waals surface area contributed by atoms with Gasteiger partial charge in [0.25, 0.3) is 5.91 Å². The number of aromatic nitrogens is 1. The Balaban J connectivity index is 1.39. The van der Waals surface area contributed by atoms with Crippen LogP contribution in [0.2, 0.25) is 0 Å². The van der Waals surface area contributed by atoms with E-state index in [4.69, 9.17) is 0 Å². The van der Waals surface area contributed by atoms with Crippen LogP contribution < -0.4 is 5.32 Å². The van der Waals surface area contributed by atoms with E-state index in [1.54, 1.807) is 24.4 Å². The molecule has 4 nitrogen and oxygen atoms in total. The largest absolute Gasteiger partial charge is 0.416 e. The number of nitrogens with zero attached hydrogens (tertiary/aromatic N) is 2. The predicted octanol–water partition coefficient (Wildman–Crippen LogP) is 5.35. The van der Waals surface area contributed by atoms with Crippen molar-refractivity contribution in [2.24, 2.45) is 4.99 Å². The number of hydrogen-bond donors (Lipinski definition) is 1. The zero-order valence-corrected chi connectivity index (χ0v) is 17.6. The van der Waals surface area contributed by atoms with Gasteiger partial charge in [-0.05, 0) is 54.8 Å². The third kappa shape index (κ3) is 4.24. The number of aliphatic imine (C=N–C) groups is 1. The van der Waals surface area contributed by atoms with Gasteiger partial charge < -0.3 is 5.32 Å². The minimum atomic E-state index is -4.51. The summed E-state index contributed by atoms with van der Waals surface area (Å²) in [6, 6.07) is 9.91. The Hall–Kier alpha value is -3.92. The first-order chi connectivity index (χ1) is 15.8. The maximum atomic E-state index is 12.9. The number of carbonyl (C=O) groups is 1. The van der Waals surface area contributed by atoms with Crippen LogP contribution >= 0.6 is 0 Å². The van der Waals surface area contributed by atoms with Crippen LogP contribution in [0.15, 0.2) is 59.9 Å². The van der Waals surface area contributed by atoms with Crippen molar-refractivity contribution in [3.05, 3.63) is 93.8 Å². The number of carbonyl (C=O) groups excluding carboxylic acids is 1. The fourth-order valence-corrected chi connectivity index (χ4v) is 3.89. The number of hydrogen-bond acceptors (Lipinski definition) is 3. The van der Waals surface area contributed by atoms with Crippen molar-refractivity contribution in [2.45, 2.75) is 31.5 Å². The summed E-state index contributed by atoms with van der Waals surface area (Å²) in [5.41, 5.74) is 4.09. The second-order valence-electron chi connectivity index (χ2n) is 8.19. The standard InChI is InChI=1S/C26H18F3N3O/c1-15-5-8-20(32-25(33)17-3-2-4-19(9-17)26(27,28)29)10-16(15)6-7-18-12-30-13-23-21-11-24(21)31-14-22(18)23/h2-5,8-10,12-14,21,24H,11H2,1H3,(H,32,33). The molecule has 0 radical (unpaired) electrons. The van der Waals surface area contributed by atoms with E-state index >= 15 is 0 Å². The van der Waals surface area contributed by atoms with Gasteiger partial charge in [-0.3, -0.25) is 14.8 Å². The molecule has 33 heavy (non-hydrogen) atoms. The zero-order valence-electron chi connectivity index (χ0n) is 17.6. The number of fused-ring (bicyclic) bond motifs is 3. The Bertz CT molecular complexity index is 1370. The lowest BCUT2D eigenvalue weighted by atomic mass is 9.99. The monoisotopic (exact) mass is 445 g/mol. The summed E-state index contributed by atoms with van der Waals surface area (Å²) < 4.78 is 38.8. The molecule has 0 saturated heterocycles. The third-order valence-electron chi connectivity index (χ3n) is 5.85. The molecular formula is C26H18F3N3O. The molecule has 164 valence electrons. The Morgan fingerprint density at radius 1 is 1.09 bits per heavy atom. The molecule has 2 atom stereocenters. The van der Waals surface area contributed by atoms with Crippen LogP contribution in [-0.2, 0) is 6.18 Å². The molecule has 5 rings (SSSR count). The first-order valence-corrected chi connectivity index (χ1v) is 10.4. The average molecular weight is 445 g/mol. The van der Waals surface area contributed by atoms with Crippen molar-refractivity contribution in [1.82, 2.24) is 4.98 Å². The summed E-state index contributed by atoms with van der Waals surface area (Å²) in [7, 11) is 0. The SMILES string of the molecule is Cc1ccc(NC(=O)c2cccc(C(F)(F)F)c2)cc1C#Cc1cncc2c1C=NC1CC21. The number of aryl methyl sites for hydroxylation is 1. The number of anilines is 1. The maximum Gasteiger partial charge on any atom is 0.416 e. The van der Waals surface area contributed by atoms with Gasteiger partial charge in [0.05, 0.1) is 17.2 Å². The molecule has 0 spiro atoms. The minimum absolute atomic E-state index is 0.0716. The van der Waals surface area contributed by atoms with E-state index in [0.717, 1.165) is 35.2 Å². The van der Waals surface area contributed by atoms with Gasteiger partial charge in [0.1, 0.15) is 0 Å². The second-order valence-corrected chi connectivity index (χ2v) is 8.19. The van der Waals surface area contributed by atoms with Gasteiger partial charge >= 0.3 is 6.18 Å². The fraction of sp³-hybridized carbons (Fsp3) is 0.192. The molecule has 3 aromatic rings. The normalized spacial score (nSPS) is 17.9. The third-order valence-corrected chi connectivity index (χ3v) is 5.85. The number of halogens is 3. The van der Waals surface area contributed by atoms with Crippen molar-refractivity contribution in [3.8, 4) is 11.8 Å². The molecule has 1 N–H and O–H groups in total. The summed E-state index contributed by atoms with van der Waals surface area (Å²) in [5.74, 6) is 6.12. The quantitative estimate of drug-likeness (QED) is 0.541. The van der Waals surface area contributed by atoms with E-state index in [1.165, 1.54) is 17.7 Å². The molecule has 1 fully saturated rings. The summed E-state index contributed by atoms with van der Waals surface area (Å²) in [5, 5.41) is 2.66. The highest BCUT2D eigenvalue weighted by atomic mass is 19.4. The first kappa shape index (κ1) is 21.0. The Morgan fingerprint density at radius 2 is 1.91 bits per heavy atom. The predicted molar refractivity (Wildman–Crippen MR) is 120 cm³/mol. The lowest BCUT2D eigenvalue weighted by molar-refractivity contribution is -0.137. The van der Waals surface area contributed by atoms with Crippen molar-refractivity contribution < 1.29 is 18.0 Å². The van der Waals surface area contributed by atoms with Gasteiger partial charge in [0.2, 0.25) is 0 Å². The van der Waals surface area contributed by atoms with Crippen molar-refractivity contribution in [3.63, 3.8) is 0 Å². The van der Waals surface area contributed by atoms with E-state index in [0.29, 0.717) is 23.2 Å². The van der Waals surface area contributed by atoms with E-state index in [9.17, 15) is 18.0 Å². The Morgan fingerprint density at radius 3 is 2.73 bits per heavy atom. The highest BCUT2D eigenvalue weighted by Crippen LogP contribution is 2.47. The highest BCUT2D eigenvalue weighted by Gasteiger charge is 2.42. The van der Waals surface area contributed by atoms with E-state index in [1.807, 2.05) is 19.3 Å². The number of pyridine rings is 1. The molecule has 2 unspecified atom stereocenters. The minimum Gasteiger partial charge on any atom is -0.322 e. The molecule has 0 bridgehead atoms. The molecule has 1 aromatic heterocycles.